The molecule has 1 fully saturated rings. The molecule has 1 unspecified atom stereocenters. The Labute approximate surface area is 155 Å². The molecular weight excluding hydrogens is 381 g/mol. The minimum absolute atomic E-state index is 0.183. The van der Waals surface area contributed by atoms with Crippen molar-refractivity contribution in [3.63, 3.8) is 0 Å². The first kappa shape index (κ1) is 19.5. The number of alkyl halides is 3. The number of nitrogens with zero attached hydrogens (tertiary/aromatic N) is 1. The first-order chi connectivity index (χ1) is 12.7. The van der Waals surface area contributed by atoms with Gasteiger partial charge in [0.15, 0.2) is 0 Å². The zero-order valence-electron chi connectivity index (χ0n) is 14.5. The number of sulfonamides is 1. The third-order valence-electron chi connectivity index (χ3n) is 4.45. The van der Waals surface area contributed by atoms with Crippen LogP contribution in [0.3, 0.4) is 0 Å². The second-order valence-corrected chi connectivity index (χ2v) is 7.95. The number of nitrogens with one attached hydrogen (secondary N) is 1. The number of hydrogen-bond acceptors (Lipinski definition) is 4. The summed E-state index contributed by atoms with van der Waals surface area (Å²) in [5.74, 6) is 0. The van der Waals surface area contributed by atoms with Gasteiger partial charge in [-0.3, -0.25) is 4.72 Å². The van der Waals surface area contributed by atoms with Crippen LogP contribution in [-0.2, 0) is 20.9 Å². The maximum atomic E-state index is 12.6. The molecule has 1 heterocycles. The van der Waals surface area contributed by atoms with Gasteiger partial charge in [0.1, 0.15) is 0 Å². The van der Waals surface area contributed by atoms with E-state index in [2.05, 4.69) is 9.62 Å². The first-order valence-corrected chi connectivity index (χ1v) is 9.75. The van der Waals surface area contributed by atoms with Crippen molar-refractivity contribution in [3.05, 3.63) is 54.1 Å². The van der Waals surface area contributed by atoms with Gasteiger partial charge in [0.25, 0.3) is 10.0 Å². The summed E-state index contributed by atoms with van der Waals surface area (Å²) in [6, 6.07) is 10.2. The molecule has 0 spiro atoms. The summed E-state index contributed by atoms with van der Waals surface area (Å²) in [4.78, 5) is 1.91. The van der Waals surface area contributed by atoms with Gasteiger partial charge in [0, 0.05) is 31.6 Å². The third kappa shape index (κ3) is 4.54. The SMILES string of the molecule is COC1CCN(c2ccc(NS(=O)(=O)c3ccc(C(F)(F)F)cc3)cc2)C1. The predicted molar refractivity (Wildman–Crippen MR) is 96.3 cm³/mol. The van der Waals surface area contributed by atoms with Crippen LogP contribution in [0, 0.1) is 0 Å². The number of hydrogen-bond donors (Lipinski definition) is 1. The summed E-state index contributed by atoms with van der Waals surface area (Å²) >= 11 is 0. The molecule has 1 aliphatic rings. The largest absolute Gasteiger partial charge is 0.416 e. The highest BCUT2D eigenvalue weighted by Gasteiger charge is 2.30. The molecule has 0 aliphatic carbocycles. The van der Waals surface area contributed by atoms with E-state index in [4.69, 9.17) is 4.74 Å². The standard InChI is InChI=1S/C18H19F3N2O3S/c1-26-16-10-11-23(12-16)15-6-4-14(5-7-15)22-27(24,25)17-8-2-13(3-9-17)18(19,20)21/h2-9,16,22H,10-12H2,1H3. The van der Waals surface area contributed by atoms with E-state index < -0.39 is 21.8 Å². The molecule has 0 aromatic heterocycles. The molecule has 5 nitrogen and oxygen atoms in total. The van der Waals surface area contributed by atoms with Crippen LogP contribution in [0.15, 0.2) is 53.4 Å². The van der Waals surface area contributed by atoms with Crippen LogP contribution in [0.5, 0.6) is 0 Å². The fourth-order valence-corrected chi connectivity index (χ4v) is 3.99. The van der Waals surface area contributed by atoms with Crippen molar-refractivity contribution in [2.75, 3.05) is 29.8 Å². The monoisotopic (exact) mass is 400 g/mol. The Morgan fingerprint density at radius 1 is 1.07 bits per heavy atom. The Morgan fingerprint density at radius 3 is 2.22 bits per heavy atom. The second kappa shape index (κ2) is 7.40. The molecule has 9 heteroatoms. The van der Waals surface area contributed by atoms with Crippen molar-refractivity contribution in [1.82, 2.24) is 0 Å². The summed E-state index contributed by atoms with van der Waals surface area (Å²) in [6.45, 7) is 1.63. The van der Waals surface area contributed by atoms with Crippen LogP contribution in [0.25, 0.3) is 0 Å². The highest BCUT2D eigenvalue weighted by molar-refractivity contribution is 7.92. The van der Waals surface area contributed by atoms with E-state index in [1.807, 2.05) is 0 Å². The number of methoxy groups -OCH3 is 1. The summed E-state index contributed by atoms with van der Waals surface area (Å²) in [5, 5.41) is 0. The zero-order valence-corrected chi connectivity index (χ0v) is 15.3. The predicted octanol–water partition coefficient (Wildman–Crippen LogP) is 3.73. The molecule has 1 aliphatic heterocycles. The smallest absolute Gasteiger partial charge is 0.380 e. The summed E-state index contributed by atoms with van der Waals surface area (Å²) in [5.41, 5.74) is 0.388. The van der Waals surface area contributed by atoms with Crippen LogP contribution >= 0.6 is 0 Å². The van der Waals surface area contributed by atoms with E-state index in [9.17, 15) is 21.6 Å². The Morgan fingerprint density at radius 2 is 1.70 bits per heavy atom. The number of ether oxygens (including phenoxy) is 1. The molecule has 1 saturated heterocycles. The van der Waals surface area contributed by atoms with Gasteiger partial charge in [0.2, 0.25) is 0 Å². The number of halogens is 3. The topological polar surface area (TPSA) is 58.6 Å². The Kier molecular flexibility index (Phi) is 5.34. The lowest BCUT2D eigenvalue weighted by Crippen LogP contribution is -2.22. The van der Waals surface area contributed by atoms with E-state index in [1.54, 1.807) is 31.4 Å². The summed E-state index contributed by atoms with van der Waals surface area (Å²) in [6.07, 6.45) is -3.40. The molecule has 2 aromatic carbocycles. The molecule has 0 radical (unpaired) electrons. The average Bonchev–Trinajstić information content (AvgIpc) is 3.11. The van der Waals surface area contributed by atoms with Crippen molar-refractivity contribution >= 4 is 21.4 Å². The molecule has 0 saturated carbocycles. The highest BCUT2D eigenvalue weighted by Crippen LogP contribution is 2.30. The van der Waals surface area contributed by atoms with Gasteiger partial charge in [-0.05, 0) is 55.0 Å². The third-order valence-corrected chi connectivity index (χ3v) is 5.85. The van der Waals surface area contributed by atoms with E-state index in [-0.39, 0.29) is 11.0 Å². The molecule has 1 atom stereocenters. The van der Waals surface area contributed by atoms with E-state index in [1.165, 1.54) is 0 Å². The minimum Gasteiger partial charge on any atom is -0.380 e. The lowest BCUT2D eigenvalue weighted by atomic mass is 10.2. The zero-order chi connectivity index (χ0) is 19.7. The van der Waals surface area contributed by atoms with Crippen molar-refractivity contribution in [2.24, 2.45) is 0 Å². The van der Waals surface area contributed by atoms with E-state index in [0.717, 1.165) is 49.5 Å². The van der Waals surface area contributed by atoms with Gasteiger partial charge in [0.05, 0.1) is 16.6 Å². The van der Waals surface area contributed by atoms with Gasteiger partial charge in [-0.1, -0.05) is 0 Å². The maximum Gasteiger partial charge on any atom is 0.416 e. The lowest BCUT2D eigenvalue weighted by Gasteiger charge is -2.19. The van der Waals surface area contributed by atoms with Gasteiger partial charge < -0.3 is 9.64 Å². The molecule has 0 amide bonds. The first-order valence-electron chi connectivity index (χ1n) is 8.27. The van der Waals surface area contributed by atoms with Crippen LogP contribution in [0.2, 0.25) is 0 Å². The maximum absolute atomic E-state index is 12.6. The van der Waals surface area contributed by atoms with Crippen molar-refractivity contribution in [3.8, 4) is 0 Å². The number of anilines is 2. The van der Waals surface area contributed by atoms with Crippen LogP contribution in [0.4, 0.5) is 24.5 Å². The van der Waals surface area contributed by atoms with Gasteiger partial charge in [-0.25, -0.2) is 8.42 Å². The van der Waals surface area contributed by atoms with E-state index >= 15 is 0 Å². The molecule has 0 bridgehead atoms. The molecular formula is C18H19F3N2O3S. The number of rotatable bonds is 5. The molecule has 1 N–H and O–H groups in total. The molecule has 3 rings (SSSR count). The Hall–Kier alpha value is -2.26. The van der Waals surface area contributed by atoms with Crippen molar-refractivity contribution in [2.45, 2.75) is 23.6 Å². The van der Waals surface area contributed by atoms with Gasteiger partial charge >= 0.3 is 6.18 Å². The van der Waals surface area contributed by atoms with Gasteiger partial charge in [-0.2, -0.15) is 13.2 Å². The molecule has 146 valence electrons. The van der Waals surface area contributed by atoms with Crippen LogP contribution < -0.4 is 9.62 Å². The van der Waals surface area contributed by atoms with Crippen molar-refractivity contribution < 1.29 is 26.3 Å². The highest BCUT2D eigenvalue weighted by atomic mass is 32.2. The van der Waals surface area contributed by atoms with E-state index in [0.29, 0.717) is 5.69 Å². The van der Waals surface area contributed by atoms with Crippen LogP contribution in [0.1, 0.15) is 12.0 Å². The average molecular weight is 400 g/mol. The van der Waals surface area contributed by atoms with Gasteiger partial charge in [-0.15, -0.1) is 0 Å². The quantitative estimate of drug-likeness (QED) is 0.831. The normalized spacial score (nSPS) is 17.9. The fourth-order valence-electron chi connectivity index (χ4n) is 2.93. The second-order valence-electron chi connectivity index (χ2n) is 6.27. The van der Waals surface area contributed by atoms with Crippen LogP contribution in [-0.4, -0.2) is 34.7 Å². The Bertz CT molecular complexity index is 882. The Balaban J connectivity index is 1.70. The number of benzene rings is 2. The fraction of sp³-hybridized carbons (Fsp3) is 0.333. The summed E-state index contributed by atoms with van der Waals surface area (Å²) < 4.78 is 70.2. The molecule has 2 aromatic rings. The minimum atomic E-state index is -4.51. The summed E-state index contributed by atoms with van der Waals surface area (Å²) in [7, 11) is -2.30. The lowest BCUT2D eigenvalue weighted by molar-refractivity contribution is -0.137. The molecule has 27 heavy (non-hydrogen) atoms. The van der Waals surface area contributed by atoms with Crippen molar-refractivity contribution in [1.29, 1.82) is 0 Å².